The normalized spacial score (nSPS) is 23.3. The average molecular weight is 160 g/mol. The maximum Gasteiger partial charge on any atom is 0.355 e. The molecule has 62 valence electrons. The summed E-state index contributed by atoms with van der Waals surface area (Å²) in [4.78, 5) is 22.6. The molecule has 0 aromatic carbocycles. The summed E-state index contributed by atoms with van der Waals surface area (Å²) in [7, 11) is 1.26. The molecule has 1 fully saturated rings. The van der Waals surface area contributed by atoms with Crippen LogP contribution in [0.2, 0.25) is 0 Å². The number of hydrogen-bond donors (Lipinski definition) is 0. The molecule has 4 nitrogen and oxygen atoms in total. The fourth-order valence-corrected chi connectivity index (χ4v) is 0.952. The summed E-state index contributed by atoms with van der Waals surface area (Å²) in [5.74, 6) is -0.523. The number of nitrogens with zero attached hydrogens (tertiary/aromatic N) is 2. The molecule has 1 saturated heterocycles. The second-order valence-corrected chi connectivity index (χ2v) is 2.99. The minimum absolute atomic E-state index is 0.0602. The zero-order valence-electron chi connectivity index (χ0n) is 6.59. The minimum Gasteiger partial charge on any atom is -0.272 e. The molecule has 0 aromatic rings. The largest absolute Gasteiger partial charge is 0.355 e. The molecule has 0 radical (unpaired) electrons. The molecule has 0 aliphatic carbocycles. The molecule has 1 aliphatic heterocycles. The van der Waals surface area contributed by atoms with E-state index in [1.165, 1.54) is 20.9 Å². The molecule has 0 N–H and O–H groups in total. The molecule has 5 heteroatoms. The van der Waals surface area contributed by atoms with Crippen molar-refractivity contribution in [2.24, 2.45) is 0 Å². The Labute approximate surface area is 63.5 Å². The van der Waals surface area contributed by atoms with E-state index < -0.39 is 17.5 Å². The lowest BCUT2D eigenvalue weighted by Gasteiger charge is -2.17. The van der Waals surface area contributed by atoms with E-state index in [2.05, 4.69) is 0 Å². The maximum absolute atomic E-state index is 12.8. The molecule has 0 atom stereocenters. The van der Waals surface area contributed by atoms with Gasteiger partial charge in [0.15, 0.2) is 5.54 Å². The summed E-state index contributed by atoms with van der Waals surface area (Å²) in [5, 5.41) is -0.0602. The number of imide groups is 1. The van der Waals surface area contributed by atoms with Gasteiger partial charge in [-0.2, -0.15) is 0 Å². The van der Waals surface area contributed by atoms with Gasteiger partial charge in [0, 0.05) is 7.05 Å². The van der Waals surface area contributed by atoms with E-state index in [4.69, 9.17) is 0 Å². The van der Waals surface area contributed by atoms with Crippen LogP contribution in [0.25, 0.3) is 0 Å². The van der Waals surface area contributed by atoms with Crippen LogP contribution in [0.5, 0.6) is 0 Å². The molecule has 0 aromatic heterocycles. The van der Waals surface area contributed by atoms with Gasteiger partial charge in [0.25, 0.3) is 5.91 Å². The van der Waals surface area contributed by atoms with Crippen LogP contribution in [0, 0.1) is 0 Å². The SMILES string of the molecule is CN1C(=O)N(F)C(C)(C)C1=O. The molecular formula is C6H9FN2O2. The van der Waals surface area contributed by atoms with Crippen LogP contribution in [0.15, 0.2) is 0 Å². The van der Waals surface area contributed by atoms with Crippen molar-refractivity contribution in [1.29, 1.82) is 0 Å². The first-order chi connectivity index (χ1) is 4.89. The lowest BCUT2D eigenvalue weighted by atomic mass is 10.1. The molecule has 0 bridgehead atoms. The second kappa shape index (κ2) is 1.93. The van der Waals surface area contributed by atoms with E-state index in [0.29, 0.717) is 0 Å². The number of rotatable bonds is 0. The Kier molecular flexibility index (Phi) is 1.40. The van der Waals surface area contributed by atoms with Crippen LogP contribution >= 0.6 is 0 Å². The summed E-state index contributed by atoms with van der Waals surface area (Å²) in [5.41, 5.74) is -1.34. The van der Waals surface area contributed by atoms with E-state index >= 15 is 0 Å². The molecule has 0 spiro atoms. The monoisotopic (exact) mass is 160 g/mol. The maximum atomic E-state index is 12.8. The Morgan fingerprint density at radius 1 is 1.36 bits per heavy atom. The van der Waals surface area contributed by atoms with E-state index in [0.717, 1.165) is 4.90 Å². The summed E-state index contributed by atoms with van der Waals surface area (Å²) in [6.07, 6.45) is 0. The van der Waals surface area contributed by atoms with E-state index in [1.807, 2.05) is 0 Å². The molecule has 0 saturated carbocycles. The highest BCUT2D eigenvalue weighted by Crippen LogP contribution is 2.26. The lowest BCUT2D eigenvalue weighted by Crippen LogP contribution is -2.39. The highest BCUT2D eigenvalue weighted by molar-refractivity contribution is 6.05. The third kappa shape index (κ3) is 0.800. The van der Waals surface area contributed by atoms with Gasteiger partial charge in [0.05, 0.1) is 0 Å². The van der Waals surface area contributed by atoms with Crippen LogP contribution in [0.1, 0.15) is 13.8 Å². The smallest absolute Gasteiger partial charge is 0.272 e. The molecular weight excluding hydrogens is 151 g/mol. The number of carbonyl (C=O) groups excluding carboxylic acids is 2. The number of amides is 3. The first-order valence-corrected chi connectivity index (χ1v) is 3.17. The van der Waals surface area contributed by atoms with Crippen LogP contribution in [0.4, 0.5) is 9.28 Å². The summed E-state index contributed by atoms with van der Waals surface area (Å²) >= 11 is 0. The zero-order chi connectivity index (χ0) is 8.81. The van der Waals surface area contributed by atoms with E-state index in [1.54, 1.807) is 0 Å². The second-order valence-electron chi connectivity index (χ2n) is 2.99. The zero-order valence-corrected chi connectivity index (χ0v) is 6.59. The van der Waals surface area contributed by atoms with Crippen molar-refractivity contribution < 1.29 is 14.1 Å². The first-order valence-electron chi connectivity index (χ1n) is 3.17. The summed E-state index contributed by atoms with van der Waals surface area (Å²) in [6.45, 7) is 2.72. The topological polar surface area (TPSA) is 40.6 Å². The summed E-state index contributed by atoms with van der Waals surface area (Å²) < 4.78 is 12.8. The van der Waals surface area contributed by atoms with E-state index in [-0.39, 0.29) is 5.12 Å². The molecule has 11 heavy (non-hydrogen) atoms. The van der Waals surface area contributed by atoms with Crippen molar-refractivity contribution in [1.82, 2.24) is 10.0 Å². The Hall–Kier alpha value is -1.13. The number of urea groups is 1. The van der Waals surface area contributed by atoms with E-state index in [9.17, 15) is 14.1 Å². The third-order valence-corrected chi connectivity index (χ3v) is 1.77. The fourth-order valence-electron chi connectivity index (χ4n) is 0.952. The van der Waals surface area contributed by atoms with Crippen molar-refractivity contribution >= 4 is 11.9 Å². The number of halogens is 1. The van der Waals surface area contributed by atoms with Crippen LogP contribution in [-0.4, -0.2) is 34.5 Å². The highest BCUT2D eigenvalue weighted by atomic mass is 19.2. The molecule has 0 unspecified atom stereocenters. The number of carbonyl (C=O) groups is 2. The van der Waals surface area contributed by atoms with Gasteiger partial charge in [-0.15, -0.1) is 5.12 Å². The van der Waals surface area contributed by atoms with Gasteiger partial charge >= 0.3 is 6.03 Å². The Bertz CT molecular complexity index is 227. The highest BCUT2D eigenvalue weighted by Gasteiger charge is 2.50. The van der Waals surface area contributed by atoms with Gasteiger partial charge in [0.2, 0.25) is 0 Å². The van der Waals surface area contributed by atoms with Gasteiger partial charge in [-0.05, 0) is 13.8 Å². The van der Waals surface area contributed by atoms with Gasteiger partial charge in [0.1, 0.15) is 0 Å². The quantitative estimate of drug-likeness (QED) is 0.383. The Balaban J connectivity index is 3.06. The molecule has 1 heterocycles. The van der Waals surface area contributed by atoms with Crippen molar-refractivity contribution in [3.63, 3.8) is 0 Å². The number of likely N-dealkylation sites (N-methyl/N-ethyl adjacent to an activating group) is 1. The Morgan fingerprint density at radius 3 is 1.91 bits per heavy atom. The number of hydrogen-bond acceptors (Lipinski definition) is 2. The first kappa shape index (κ1) is 7.97. The lowest BCUT2D eigenvalue weighted by molar-refractivity contribution is -0.134. The summed E-state index contributed by atoms with van der Waals surface area (Å²) in [6, 6.07) is -0.903. The molecule has 1 rings (SSSR count). The van der Waals surface area contributed by atoms with Gasteiger partial charge < -0.3 is 0 Å². The minimum atomic E-state index is -1.34. The van der Waals surface area contributed by atoms with Crippen molar-refractivity contribution in [3.05, 3.63) is 0 Å². The predicted octanol–water partition coefficient (Wildman–Crippen LogP) is 0.544. The van der Waals surface area contributed by atoms with Crippen LogP contribution in [-0.2, 0) is 4.79 Å². The van der Waals surface area contributed by atoms with Crippen LogP contribution in [0.3, 0.4) is 0 Å². The molecule has 3 amide bonds. The van der Waals surface area contributed by atoms with Crippen molar-refractivity contribution in [2.75, 3.05) is 7.05 Å². The van der Waals surface area contributed by atoms with Gasteiger partial charge in [-0.25, -0.2) is 4.79 Å². The van der Waals surface area contributed by atoms with Crippen molar-refractivity contribution in [3.8, 4) is 0 Å². The Morgan fingerprint density at radius 2 is 1.82 bits per heavy atom. The average Bonchev–Trinajstić information content (AvgIpc) is 2.06. The standard InChI is InChI=1S/C6H9FN2O2/c1-6(2)4(10)8(3)5(11)9(6)7/h1-3H3. The van der Waals surface area contributed by atoms with Gasteiger partial charge in [-0.1, -0.05) is 4.48 Å². The third-order valence-electron chi connectivity index (χ3n) is 1.77. The predicted molar refractivity (Wildman–Crippen MR) is 35.2 cm³/mol. The fraction of sp³-hybridized carbons (Fsp3) is 0.667. The van der Waals surface area contributed by atoms with Crippen LogP contribution < -0.4 is 0 Å². The van der Waals surface area contributed by atoms with Crippen molar-refractivity contribution in [2.45, 2.75) is 19.4 Å². The molecule has 1 aliphatic rings. The van der Waals surface area contributed by atoms with Gasteiger partial charge in [-0.3, -0.25) is 9.69 Å².